The molecule has 0 atom stereocenters. The van der Waals surface area contributed by atoms with E-state index in [0.29, 0.717) is 5.92 Å². The van der Waals surface area contributed by atoms with E-state index >= 15 is 0 Å². The van der Waals surface area contributed by atoms with E-state index in [9.17, 15) is 4.79 Å². The van der Waals surface area contributed by atoms with Crippen molar-refractivity contribution >= 4 is 5.91 Å². The zero-order chi connectivity index (χ0) is 20.6. The Morgan fingerprint density at radius 1 is 1.00 bits per heavy atom. The van der Waals surface area contributed by atoms with Gasteiger partial charge in [0.15, 0.2) is 0 Å². The molecule has 0 spiro atoms. The molecule has 2 aromatic carbocycles. The summed E-state index contributed by atoms with van der Waals surface area (Å²) in [5.41, 5.74) is 5.40. The fraction of sp³-hybridized carbons (Fsp3) is 0.500. The number of carbonyl (C=O) groups excluding carboxylic acids is 1. The van der Waals surface area contributed by atoms with Crippen molar-refractivity contribution in [2.75, 3.05) is 19.6 Å². The van der Waals surface area contributed by atoms with Gasteiger partial charge in [-0.2, -0.15) is 0 Å². The van der Waals surface area contributed by atoms with E-state index < -0.39 is 0 Å². The van der Waals surface area contributed by atoms with Gasteiger partial charge >= 0.3 is 0 Å². The number of likely N-dealkylation sites (tertiary alicyclic amines) is 1. The Labute approximate surface area is 176 Å². The van der Waals surface area contributed by atoms with Crippen molar-refractivity contribution in [3.05, 3.63) is 70.8 Å². The zero-order valence-electron chi connectivity index (χ0n) is 18.3. The highest BCUT2D eigenvalue weighted by molar-refractivity contribution is 5.78. The number of nitrogens with zero attached hydrogens (tertiary/aromatic N) is 1. The van der Waals surface area contributed by atoms with Crippen LogP contribution in [-0.2, 0) is 17.8 Å². The smallest absolute Gasteiger partial charge is 0.223 e. The lowest BCUT2D eigenvalue weighted by atomic mass is 9.95. The van der Waals surface area contributed by atoms with Crippen molar-refractivity contribution in [1.29, 1.82) is 0 Å². The van der Waals surface area contributed by atoms with Crippen LogP contribution in [0.5, 0.6) is 0 Å². The summed E-state index contributed by atoms with van der Waals surface area (Å²) in [4.78, 5) is 15.0. The third-order valence-electron chi connectivity index (χ3n) is 6.07. The molecular weight excluding hydrogens is 356 g/mol. The average molecular weight is 393 g/mol. The van der Waals surface area contributed by atoms with Crippen LogP contribution in [-0.4, -0.2) is 30.4 Å². The van der Waals surface area contributed by atoms with Crippen LogP contribution in [0.25, 0.3) is 0 Å². The van der Waals surface area contributed by atoms with E-state index in [1.165, 1.54) is 22.3 Å². The number of carbonyl (C=O) groups is 1. The van der Waals surface area contributed by atoms with Gasteiger partial charge in [0.1, 0.15) is 0 Å². The molecule has 0 unspecified atom stereocenters. The van der Waals surface area contributed by atoms with Gasteiger partial charge in [-0.05, 0) is 68.3 Å². The Morgan fingerprint density at radius 2 is 1.62 bits per heavy atom. The van der Waals surface area contributed by atoms with Gasteiger partial charge in [-0.1, -0.05) is 67.9 Å². The summed E-state index contributed by atoms with van der Waals surface area (Å²) in [6, 6.07) is 17.7. The van der Waals surface area contributed by atoms with Gasteiger partial charge in [-0.3, -0.25) is 9.69 Å². The molecule has 0 bridgehead atoms. The fourth-order valence-electron chi connectivity index (χ4n) is 4.02. The number of hydrogen-bond acceptors (Lipinski definition) is 2. The largest absolute Gasteiger partial charge is 0.356 e. The Morgan fingerprint density at radius 3 is 2.24 bits per heavy atom. The third-order valence-corrected chi connectivity index (χ3v) is 6.07. The number of piperidine rings is 1. The summed E-state index contributed by atoms with van der Waals surface area (Å²) < 4.78 is 0. The first-order valence-electron chi connectivity index (χ1n) is 11.2. The van der Waals surface area contributed by atoms with Crippen LogP contribution in [0.4, 0.5) is 0 Å². The standard InChI is InChI=1S/C26H36N2O/c1-20(2)24-12-10-22(11-13-24)5-4-16-27-26(29)25-14-17-28(18-15-25)19-23-8-6-21(3)7-9-23/h6-13,20,25H,4-5,14-19H2,1-3H3,(H,27,29). The number of amides is 1. The molecule has 0 aromatic heterocycles. The monoisotopic (exact) mass is 392 g/mol. The van der Waals surface area contributed by atoms with Gasteiger partial charge in [0.05, 0.1) is 0 Å². The van der Waals surface area contributed by atoms with E-state index in [0.717, 1.165) is 51.9 Å². The minimum Gasteiger partial charge on any atom is -0.356 e. The molecule has 1 fully saturated rings. The Bertz CT molecular complexity index is 756. The van der Waals surface area contributed by atoms with E-state index in [4.69, 9.17) is 0 Å². The molecule has 3 nitrogen and oxygen atoms in total. The SMILES string of the molecule is Cc1ccc(CN2CCC(C(=O)NCCCc3ccc(C(C)C)cc3)CC2)cc1. The first-order valence-corrected chi connectivity index (χ1v) is 11.2. The first-order chi connectivity index (χ1) is 14.0. The number of benzene rings is 2. The molecule has 1 heterocycles. The highest BCUT2D eigenvalue weighted by Crippen LogP contribution is 2.20. The van der Waals surface area contributed by atoms with Gasteiger partial charge < -0.3 is 5.32 Å². The van der Waals surface area contributed by atoms with E-state index in [-0.39, 0.29) is 11.8 Å². The second-order valence-electron chi connectivity index (χ2n) is 8.83. The minimum absolute atomic E-state index is 0.176. The molecular formula is C26H36N2O. The molecule has 1 N–H and O–H groups in total. The van der Waals surface area contributed by atoms with Crippen molar-refractivity contribution < 1.29 is 4.79 Å². The predicted molar refractivity (Wildman–Crippen MR) is 121 cm³/mol. The zero-order valence-corrected chi connectivity index (χ0v) is 18.3. The predicted octanol–water partition coefficient (Wildman–Crippen LogP) is 5.08. The van der Waals surface area contributed by atoms with Crippen LogP contribution in [0, 0.1) is 12.8 Å². The van der Waals surface area contributed by atoms with Crippen molar-refractivity contribution in [2.45, 2.75) is 58.9 Å². The van der Waals surface area contributed by atoms with Crippen molar-refractivity contribution in [3.63, 3.8) is 0 Å². The molecule has 3 rings (SSSR count). The van der Waals surface area contributed by atoms with Crippen molar-refractivity contribution in [2.24, 2.45) is 5.92 Å². The quantitative estimate of drug-likeness (QED) is 0.636. The summed E-state index contributed by atoms with van der Waals surface area (Å²) in [5.74, 6) is 0.997. The van der Waals surface area contributed by atoms with Crippen molar-refractivity contribution in [3.8, 4) is 0 Å². The molecule has 1 amide bonds. The maximum atomic E-state index is 12.5. The topological polar surface area (TPSA) is 32.3 Å². The number of aryl methyl sites for hydroxylation is 2. The summed E-state index contributed by atoms with van der Waals surface area (Å²) in [5, 5.41) is 3.17. The van der Waals surface area contributed by atoms with Crippen LogP contribution in [0.3, 0.4) is 0 Å². The Balaban J connectivity index is 1.32. The maximum Gasteiger partial charge on any atom is 0.223 e. The Hall–Kier alpha value is -2.13. The molecule has 1 aliphatic heterocycles. The van der Waals surface area contributed by atoms with Crippen molar-refractivity contribution in [1.82, 2.24) is 10.2 Å². The molecule has 2 aromatic rings. The average Bonchev–Trinajstić information content (AvgIpc) is 2.73. The maximum absolute atomic E-state index is 12.5. The number of rotatable bonds is 8. The van der Waals surface area contributed by atoms with Crippen LogP contribution >= 0.6 is 0 Å². The lowest BCUT2D eigenvalue weighted by molar-refractivity contribution is -0.126. The third kappa shape index (κ3) is 6.71. The molecule has 0 radical (unpaired) electrons. The highest BCUT2D eigenvalue weighted by atomic mass is 16.1. The molecule has 29 heavy (non-hydrogen) atoms. The lowest BCUT2D eigenvalue weighted by Crippen LogP contribution is -2.40. The van der Waals surface area contributed by atoms with Crippen LogP contribution < -0.4 is 5.32 Å². The molecule has 0 saturated carbocycles. The molecule has 1 saturated heterocycles. The first kappa shape index (κ1) is 21.6. The van der Waals surface area contributed by atoms with Gasteiger partial charge in [-0.25, -0.2) is 0 Å². The van der Waals surface area contributed by atoms with Crippen LogP contribution in [0.1, 0.15) is 61.3 Å². The second-order valence-corrected chi connectivity index (χ2v) is 8.83. The van der Waals surface area contributed by atoms with E-state index in [1.807, 2.05) is 0 Å². The summed E-state index contributed by atoms with van der Waals surface area (Å²) >= 11 is 0. The summed E-state index contributed by atoms with van der Waals surface area (Å²) in [6.07, 6.45) is 3.95. The van der Waals surface area contributed by atoms with Gasteiger partial charge in [0.2, 0.25) is 5.91 Å². The van der Waals surface area contributed by atoms with E-state index in [2.05, 4.69) is 79.5 Å². The van der Waals surface area contributed by atoms with Crippen LogP contribution in [0.15, 0.2) is 48.5 Å². The van der Waals surface area contributed by atoms with Gasteiger partial charge in [0, 0.05) is 19.0 Å². The molecule has 156 valence electrons. The normalized spacial score (nSPS) is 15.6. The van der Waals surface area contributed by atoms with Gasteiger partial charge in [0.25, 0.3) is 0 Å². The lowest BCUT2D eigenvalue weighted by Gasteiger charge is -2.31. The van der Waals surface area contributed by atoms with E-state index in [1.54, 1.807) is 0 Å². The Kier molecular flexibility index (Phi) is 7.88. The molecule has 0 aliphatic carbocycles. The fourth-order valence-corrected chi connectivity index (χ4v) is 4.02. The van der Waals surface area contributed by atoms with Gasteiger partial charge in [-0.15, -0.1) is 0 Å². The minimum atomic E-state index is 0.176. The second kappa shape index (κ2) is 10.6. The summed E-state index contributed by atoms with van der Waals surface area (Å²) in [7, 11) is 0. The molecule has 1 aliphatic rings. The highest BCUT2D eigenvalue weighted by Gasteiger charge is 2.24. The summed E-state index contributed by atoms with van der Waals surface area (Å²) in [6.45, 7) is 10.3. The number of hydrogen-bond donors (Lipinski definition) is 1. The number of nitrogens with one attached hydrogen (secondary N) is 1. The van der Waals surface area contributed by atoms with Crippen LogP contribution in [0.2, 0.25) is 0 Å². The molecule has 3 heteroatoms.